The summed E-state index contributed by atoms with van der Waals surface area (Å²) in [5.41, 5.74) is 1.96. The van der Waals surface area contributed by atoms with Crippen LogP contribution in [0.5, 0.6) is 5.75 Å². The fourth-order valence-corrected chi connectivity index (χ4v) is 1.02. The molecule has 0 N–H and O–H groups in total. The van der Waals surface area contributed by atoms with Gasteiger partial charge in [-0.05, 0) is 13.3 Å². The average Bonchev–Trinajstić information content (AvgIpc) is 1.98. The van der Waals surface area contributed by atoms with Crippen LogP contribution in [0.3, 0.4) is 0 Å². The van der Waals surface area contributed by atoms with Crippen molar-refractivity contribution in [2.24, 2.45) is 0 Å². The molecule has 1 rings (SSSR count). The van der Waals surface area contributed by atoms with Crippen molar-refractivity contribution in [3.05, 3.63) is 42.0 Å². The van der Waals surface area contributed by atoms with E-state index in [4.69, 9.17) is 0 Å². The van der Waals surface area contributed by atoms with E-state index in [9.17, 15) is 5.11 Å². The molecule has 0 amide bonds. The molecule has 1 aromatic carbocycles. The molecule has 0 radical (unpaired) electrons. The second-order valence-corrected chi connectivity index (χ2v) is 2.60. The molecule has 0 aromatic heterocycles. The van der Waals surface area contributed by atoms with Gasteiger partial charge in [-0.1, -0.05) is 35.4 Å². The Bertz CT molecular complexity index is 269. The number of allylic oxidation sites excluding steroid dienone is 1. The van der Waals surface area contributed by atoms with Crippen molar-refractivity contribution in [3.8, 4) is 5.75 Å². The molecule has 0 aliphatic rings. The average molecular weight is 186 g/mol. The van der Waals surface area contributed by atoms with E-state index in [1.54, 1.807) is 12.1 Å². The van der Waals surface area contributed by atoms with Gasteiger partial charge in [-0.15, -0.1) is 12.3 Å². The van der Waals surface area contributed by atoms with Crippen molar-refractivity contribution in [2.75, 3.05) is 0 Å². The maximum Gasteiger partial charge on any atom is 1.00 e. The van der Waals surface area contributed by atoms with Gasteiger partial charge in [0.15, 0.2) is 0 Å². The van der Waals surface area contributed by atoms with Gasteiger partial charge in [0.25, 0.3) is 0 Å². The van der Waals surface area contributed by atoms with Gasteiger partial charge >= 0.3 is 51.4 Å². The second kappa shape index (κ2) is 5.94. The van der Waals surface area contributed by atoms with Gasteiger partial charge in [-0.3, -0.25) is 0 Å². The minimum absolute atomic E-state index is 0. The zero-order valence-corrected chi connectivity index (χ0v) is 10.8. The molecule has 2 heteroatoms. The molecule has 58 valence electrons. The molecule has 0 atom stereocenters. The zero-order valence-electron chi connectivity index (χ0n) is 7.63. The molecule has 0 fully saturated rings. The van der Waals surface area contributed by atoms with Gasteiger partial charge in [-0.2, -0.15) is 0 Å². The van der Waals surface area contributed by atoms with Crippen molar-refractivity contribution >= 4 is 0 Å². The summed E-state index contributed by atoms with van der Waals surface area (Å²) in [4.78, 5) is 0. The van der Waals surface area contributed by atoms with Gasteiger partial charge in [0.1, 0.15) is 0 Å². The Morgan fingerprint density at radius 1 is 1.50 bits per heavy atom. The molecule has 0 saturated carbocycles. The molecule has 0 heterocycles. The summed E-state index contributed by atoms with van der Waals surface area (Å²) < 4.78 is 0. The van der Waals surface area contributed by atoms with Crippen molar-refractivity contribution < 1.29 is 56.5 Å². The van der Waals surface area contributed by atoms with Crippen LogP contribution in [0.25, 0.3) is 0 Å². The largest absolute Gasteiger partial charge is 1.00 e. The van der Waals surface area contributed by atoms with E-state index in [1.807, 2.05) is 19.1 Å². The van der Waals surface area contributed by atoms with Crippen molar-refractivity contribution in [1.82, 2.24) is 0 Å². The van der Waals surface area contributed by atoms with Gasteiger partial charge in [0, 0.05) is 0 Å². The summed E-state index contributed by atoms with van der Waals surface area (Å²) in [6, 6.07) is 5.34. The van der Waals surface area contributed by atoms with Gasteiger partial charge in [0.2, 0.25) is 0 Å². The Morgan fingerprint density at radius 3 is 2.75 bits per heavy atom. The fourth-order valence-electron chi connectivity index (χ4n) is 1.02. The first-order chi connectivity index (χ1) is 5.24. The first-order valence-electron chi connectivity index (χ1n) is 3.61. The predicted molar refractivity (Wildman–Crippen MR) is 44.5 cm³/mol. The number of rotatable bonds is 2. The summed E-state index contributed by atoms with van der Waals surface area (Å²) in [7, 11) is 0. The molecule has 0 unspecified atom stereocenters. The maximum absolute atomic E-state index is 11.1. The minimum atomic E-state index is 0. The molecule has 0 saturated heterocycles. The molecule has 0 bridgehead atoms. The van der Waals surface area contributed by atoms with E-state index in [0.717, 1.165) is 11.1 Å². The topological polar surface area (TPSA) is 23.1 Å². The third kappa shape index (κ3) is 3.41. The van der Waals surface area contributed by atoms with E-state index in [0.29, 0.717) is 6.42 Å². The van der Waals surface area contributed by atoms with Crippen LogP contribution in [0.1, 0.15) is 11.1 Å². The molecular formula is C10H11KO. The van der Waals surface area contributed by atoms with Crippen LogP contribution in [0, 0.1) is 6.92 Å². The van der Waals surface area contributed by atoms with Gasteiger partial charge in [0.05, 0.1) is 0 Å². The molecule has 0 aliphatic carbocycles. The Labute approximate surface area is 116 Å². The van der Waals surface area contributed by atoms with E-state index < -0.39 is 0 Å². The molecule has 0 spiro atoms. The Balaban J connectivity index is 0.00000121. The molecule has 1 aromatic rings. The minimum Gasteiger partial charge on any atom is -0.872 e. The third-order valence-corrected chi connectivity index (χ3v) is 1.58. The van der Waals surface area contributed by atoms with E-state index in [-0.39, 0.29) is 57.1 Å². The van der Waals surface area contributed by atoms with Crippen LogP contribution >= 0.6 is 0 Å². The van der Waals surface area contributed by atoms with Crippen molar-refractivity contribution in [3.63, 3.8) is 0 Å². The van der Waals surface area contributed by atoms with Crippen LogP contribution in [-0.4, -0.2) is 0 Å². The fraction of sp³-hybridized carbons (Fsp3) is 0.200. The summed E-state index contributed by atoms with van der Waals surface area (Å²) >= 11 is 0. The van der Waals surface area contributed by atoms with Crippen LogP contribution < -0.4 is 56.5 Å². The maximum atomic E-state index is 11.1. The zero-order chi connectivity index (χ0) is 8.27. The number of aryl methyl sites for hydroxylation is 1. The monoisotopic (exact) mass is 186 g/mol. The van der Waals surface area contributed by atoms with Gasteiger partial charge in [-0.25, -0.2) is 0 Å². The van der Waals surface area contributed by atoms with Crippen LogP contribution in [0.2, 0.25) is 0 Å². The summed E-state index contributed by atoms with van der Waals surface area (Å²) in [5.74, 6) is 0.107. The molecular weight excluding hydrogens is 175 g/mol. The van der Waals surface area contributed by atoms with Crippen LogP contribution in [0.15, 0.2) is 30.9 Å². The Kier molecular flexibility index (Phi) is 6.14. The van der Waals surface area contributed by atoms with Gasteiger partial charge < -0.3 is 5.11 Å². The Hall–Kier alpha value is 0.396. The molecule has 0 aliphatic heterocycles. The molecule has 12 heavy (non-hydrogen) atoms. The van der Waals surface area contributed by atoms with Crippen molar-refractivity contribution in [1.29, 1.82) is 0 Å². The van der Waals surface area contributed by atoms with E-state index >= 15 is 0 Å². The predicted octanol–water partition coefficient (Wildman–Crippen LogP) is -1.20. The number of benzene rings is 1. The molecule has 1 nitrogen and oxygen atoms in total. The summed E-state index contributed by atoms with van der Waals surface area (Å²) in [5, 5.41) is 11.1. The SMILES string of the molecule is C=CCc1cc(C)ccc1[O-].[K+]. The Morgan fingerprint density at radius 2 is 2.17 bits per heavy atom. The summed E-state index contributed by atoms with van der Waals surface area (Å²) in [6.07, 6.45) is 2.41. The number of hydrogen-bond acceptors (Lipinski definition) is 1. The van der Waals surface area contributed by atoms with Crippen LogP contribution in [0.4, 0.5) is 0 Å². The van der Waals surface area contributed by atoms with Crippen molar-refractivity contribution in [2.45, 2.75) is 13.3 Å². The first-order valence-corrected chi connectivity index (χ1v) is 3.61. The van der Waals surface area contributed by atoms with E-state index in [1.165, 1.54) is 0 Å². The quantitative estimate of drug-likeness (QED) is 0.420. The second-order valence-electron chi connectivity index (χ2n) is 2.60. The number of hydrogen-bond donors (Lipinski definition) is 0. The smallest absolute Gasteiger partial charge is 0.872 e. The van der Waals surface area contributed by atoms with Crippen LogP contribution in [-0.2, 0) is 6.42 Å². The normalized spacial score (nSPS) is 8.75. The third-order valence-electron chi connectivity index (χ3n) is 1.58. The first kappa shape index (κ1) is 12.4. The van der Waals surface area contributed by atoms with E-state index in [2.05, 4.69) is 6.58 Å². The standard InChI is InChI=1S/C10H12O.K/c1-3-4-9-7-8(2)5-6-10(9)11;/h3,5-7,11H,1,4H2,2H3;/q;+1/p-1. The summed E-state index contributed by atoms with van der Waals surface area (Å²) in [6.45, 7) is 5.57.